The van der Waals surface area contributed by atoms with Crippen LogP contribution in [0.15, 0.2) is 46.8 Å². The van der Waals surface area contributed by atoms with Crippen LogP contribution in [0.5, 0.6) is 0 Å². The van der Waals surface area contributed by atoms with E-state index < -0.39 is 10.0 Å². The lowest BCUT2D eigenvalue weighted by Gasteiger charge is -2.05. The van der Waals surface area contributed by atoms with Gasteiger partial charge in [0.2, 0.25) is 15.8 Å². The van der Waals surface area contributed by atoms with Gasteiger partial charge in [0, 0.05) is 18.7 Å². The monoisotopic (exact) mass is 483 g/mol. The number of rotatable bonds is 11. The minimum absolute atomic E-state index is 0.0158. The third kappa shape index (κ3) is 6.12. The summed E-state index contributed by atoms with van der Waals surface area (Å²) in [4.78, 5) is 17.5. The van der Waals surface area contributed by atoms with Gasteiger partial charge in [-0.25, -0.2) is 18.1 Å². The minimum Gasteiger partial charge on any atom is -0.362 e. The fourth-order valence-electron chi connectivity index (χ4n) is 2.76. The van der Waals surface area contributed by atoms with Gasteiger partial charge in [0.1, 0.15) is 4.21 Å². The predicted octanol–water partition coefficient (Wildman–Crippen LogP) is 4.96. The van der Waals surface area contributed by atoms with Crippen LogP contribution in [0.1, 0.15) is 40.1 Å². The third-order valence-corrected chi connectivity index (χ3v) is 8.49. The van der Waals surface area contributed by atoms with Crippen LogP contribution < -0.4 is 10.0 Å². The van der Waals surface area contributed by atoms with Gasteiger partial charge in [-0.05, 0) is 37.5 Å². The summed E-state index contributed by atoms with van der Waals surface area (Å²) in [6.07, 6.45) is 4.07. The number of carbonyl (C=O) groups excluding carboxylic acids is 1. The van der Waals surface area contributed by atoms with Crippen LogP contribution in [0.25, 0.3) is 0 Å². The van der Waals surface area contributed by atoms with E-state index in [1.807, 2.05) is 31.2 Å². The smallest absolute Gasteiger partial charge is 0.250 e. The number of nitrogens with zero attached hydrogens (tertiary/aromatic N) is 1. The largest absolute Gasteiger partial charge is 0.362 e. The lowest BCUT2D eigenvalue weighted by molar-refractivity contribution is 0.104. The minimum atomic E-state index is -3.48. The number of nitrogens with one attached hydrogen (secondary N) is 2. The molecule has 0 saturated heterocycles. The van der Waals surface area contributed by atoms with Gasteiger partial charge in [-0.2, -0.15) is 0 Å². The lowest BCUT2D eigenvalue weighted by atomic mass is 10.0. The number of halogens is 1. The van der Waals surface area contributed by atoms with Gasteiger partial charge in [-0.3, -0.25) is 4.79 Å². The molecule has 0 unspecified atom stereocenters. The molecule has 2 heterocycles. The Morgan fingerprint density at radius 1 is 1.07 bits per heavy atom. The molecule has 0 aliphatic rings. The predicted molar refractivity (Wildman–Crippen MR) is 124 cm³/mol. The van der Waals surface area contributed by atoms with Crippen LogP contribution in [0.3, 0.4) is 0 Å². The first-order valence-corrected chi connectivity index (χ1v) is 12.9. The number of anilines is 1. The fraction of sp³-hybridized carbons (Fsp3) is 0.300. The first-order chi connectivity index (χ1) is 14.4. The first kappa shape index (κ1) is 22.9. The number of thiophene rings is 1. The van der Waals surface area contributed by atoms with Crippen molar-refractivity contribution in [1.29, 1.82) is 0 Å². The Bertz CT molecular complexity index is 1110. The van der Waals surface area contributed by atoms with E-state index in [1.54, 1.807) is 12.3 Å². The number of benzene rings is 1. The van der Waals surface area contributed by atoms with E-state index in [4.69, 9.17) is 11.6 Å². The Morgan fingerprint density at radius 3 is 2.57 bits per heavy atom. The van der Waals surface area contributed by atoms with Gasteiger partial charge in [-0.15, -0.1) is 11.3 Å². The SMILES string of the molecule is Cc1ccccc1C(=O)c1cnc(NCCCCCNS(=O)(=O)c2ccc(Cl)s2)s1. The second-order valence-electron chi connectivity index (χ2n) is 6.62. The Labute approximate surface area is 189 Å². The van der Waals surface area contributed by atoms with Crippen LogP contribution in [0, 0.1) is 6.92 Å². The van der Waals surface area contributed by atoms with Crippen LogP contribution in [0.2, 0.25) is 4.34 Å². The average Bonchev–Trinajstić information content (AvgIpc) is 3.36. The Morgan fingerprint density at radius 2 is 1.83 bits per heavy atom. The summed E-state index contributed by atoms with van der Waals surface area (Å²) in [6.45, 7) is 3.01. The molecule has 0 aliphatic carbocycles. The summed E-state index contributed by atoms with van der Waals surface area (Å²) >= 11 is 8.17. The second kappa shape index (κ2) is 10.5. The molecule has 0 amide bonds. The summed E-state index contributed by atoms with van der Waals surface area (Å²) < 4.78 is 27.5. The third-order valence-electron chi connectivity index (χ3n) is 4.35. The highest BCUT2D eigenvalue weighted by molar-refractivity contribution is 7.91. The van der Waals surface area contributed by atoms with Crippen molar-refractivity contribution in [2.24, 2.45) is 0 Å². The second-order valence-corrected chi connectivity index (χ2v) is 11.4. The number of thiazole rings is 1. The van der Waals surface area contributed by atoms with Crippen molar-refractivity contribution in [2.45, 2.75) is 30.4 Å². The molecular formula is C20H22ClN3O3S3. The molecule has 2 aromatic heterocycles. The molecule has 0 atom stereocenters. The van der Waals surface area contributed by atoms with Gasteiger partial charge in [0.25, 0.3) is 0 Å². The quantitative estimate of drug-likeness (QED) is 0.297. The van der Waals surface area contributed by atoms with Crippen molar-refractivity contribution in [3.05, 3.63) is 62.9 Å². The van der Waals surface area contributed by atoms with Gasteiger partial charge in [0.15, 0.2) is 5.13 Å². The summed E-state index contributed by atoms with van der Waals surface area (Å²) in [5.41, 5.74) is 1.64. The molecule has 30 heavy (non-hydrogen) atoms. The number of ketones is 1. The van der Waals surface area contributed by atoms with Crippen molar-refractivity contribution in [3.63, 3.8) is 0 Å². The van der Waals surface area contributed by atoms with Crippen LogP contribution in [-0.4, -0.2) is 32.3 Å². The summed E-state index contributed by atoms with van der Waals surface area (Å²) in [7, 11) is -3.48. The normalized spacial score (nSPS) is 11.5. The fourth-order valence-corrected chi connectivity index (χ4v) is 6.16. The molecule has 0 aliphatic heterocycles. The standard InChI is InChI=1S/C20H22ClN3O3S3/c1-14-7-3-4-8-15(14)19(25)16-13-23-20(28-16)22-11-5-2-6-12-24-30(26,27)18-10-9-17(21)29-18/h3-4,7-10,13,24H,2,5-6,11-12H2,1H3,(H,22,23). The average molecular weight is 484 g/mol. The molecule has 3 rings (SSSR count). The number of aryl methyl sites for hydroxylation is 1. The molecule has 1 aromatic carbocycles. The number of aromatic nitrogens is 1. The van der Waals surface area contributed by atoms with E-state index in [2.05, 4.69) is 15.0 Å². The molecule has 10 heteroatoms. The van der Waals surface area contributed by atoms with Gasteiger partial charge >= 0.3 is 0 Å². The molecule has 0 fully saturated rings. The highest BCUT2D eigenvalue weighted by Gasteiger charge is 2.16. The highest BCUT2D eigenvalue weighted by Crippen LogP contribution is 2.25. The zero-order valence-corrected chi connectivity index (χ0v) is 19.6. The maximum absolute atomic E-state index is 12.6. The van der Waals surface area contributed by atoms with Crippen molar-refractivity contribution in [1.82, 2.24) is 9.71 Å². The molecule has 0 bridgehead atoms. The van der Waals surface area contributed by atoms with E-state index in [-0.39, 0.29) is 9.99 Å². The highest BCUT2D eigenvalue weighted by atomic mass is 35.5. The molecule has 160 valence electrons. The zero-order valence-electron chi connectivity index (χ0n) is 16.4. The van der Waals surface area contributed by atoms with Crippen molar-refractivity contribution >= 4 is 55.2 Å². The number of hydrogen-bond acceptors (Lipinski definition) is 7. The molecule has 0 saturated carbocycles. The summed E-state index contributed by atoms with van der Waals surface area (Å²) in [5, 5.41) is 3.94. The van der Waals surface area contributed by atoms with Gasteiger partial charge < -0.3 is 5.32 Å². The number of carbonyl (C=O) groups is 1. The van der Waals surface area contributed by atoms with E-state index >= 15 is 0 Å². The van der Waals surface area contributed by atoms with Gasteiger partial charge in [-0.1, -0.05) is 53.6 Å². The van der Waals surface area contributed by atoms with E-state index in [0.29, 0.717) is 33.0 Å². The Hall–Kier alpha value is -1.78. The van der Waals surface area contributed by atoms with Gasteiger partial charge in [0.05, 0.1) is 15.4 Å². The van der Waals surface area contributed by atoms with E-state index in [0.717, 1.165) is 36.2 Å². The molecule has 6 nitrogen and oxygen atoms in total. The molecule has 3 aromatic rings. The number of hydrogen-bond donors (Lipinski definition) is 2. The summed E-state index contributed by atoms with van der Waals surface area (Å²) in [6, 6.07) is 10.6. The van der Waals surface area contributed by atoms with Crippen LogP contribution in [-0.2, 0) is 10.0 Å². The zero-order chi connectivity index (χ0) is 21.6. The number of sulfonamides is 1. The Balaban J connectivity index is 1.36. The topological polar surface area (TPSA) is 88.2 Å². The first-order valence-electron chi connectivity index (χ1n) is 9.42. The maximum atomic E-state index is 12.6. The number of unbranched alkanes of at least 4 members (excludes halogenated alkanes) is 2. The van der Waals surface area contributed by atoms with Crippen molar-refractivity contribution < 1.29 is 13.2 Å². The Kier molecular flexibility index (Phi) is 8.01. The molecule has 2 N–H and O–H groups in total. The van der Waals surface area contributed by atoms with E-state index in [9.17, 15) is 13.2 Å². The molecular weight excluding hydrogens is 462 g/mol. The van der Waals surface area contributed by atoms with E-state index in [1.165, 1.54) is 17.4 Å². The molecule has 0 spiro atoms. The van der Waals surface area contributed by atoms with Crippen LogP contribution >= 0.6 is 34.3 Å². The molecule has 0 radical (unpaired) electrons. The van der Waals surface area contributed by atoms with Crippen molar-refractivity contribution in [2.75, 3.05) is 18.4 Å². The maximum Gasteiger partial charge on any atom is 0.250 e. The lowest BCUT2D eigenvalue weighted by Crippen LogP contribution is -2.24. The summed E-state index contributed by atoms with van der Waals surface area (Å²) in [5.74, 6) is -0.0158. The van der Waals surface area contributed by atoms with Crippen molar-refractivity contribution in [3.8, 4) is 0 Å². The van der Waals surface area contributed by atoms with Crippen LogP contribution in [0.4, 0.5) is 5.13 Å².